The van der Waals surface area contributed by atoms with Crippen LogP contribution in [0, 0.1) is 6.92 Å². The maximum atomic E-state index is 12.1. The first kappa shape index (κ1) is 17.5. The quantitative estimate of drug-likeness (QED) is 0.793. The van der Waals surface area contributed by atoms with Gasteiger partial charge in [-0.05, 0) is 49.4 Å². The summed E-state index contributed by atoms with van der Waals surface area (Å²) in [5.74, 6) is -0.760. The number of hydrogen-bond acceptors (Lipinski definition) is 4. The summed E-state index contributed by atoms with van der Waals surface area (Å²) < 4.78 is 5.17. The van der Waals surface area contributed by atoms with Crippen molar-refractivity contribution in [1.82, 2.24) is 0 Å². The van der Waals surface area contributed by atoms with E-state index in [9.17, 15) is 9.59 Å². The first-order chi connectivity index (χ1) is 11.0. The van der Waals surface area contributed by atoms with Gasteiger partial charge in [-0.1, -0.05) is 23.7 Å². The monoisotopic (exact) mass is 351 g/mol. The summed E-state index contributed by atoms with van der Waals surface area (Å²) in [6, 6.07) is 9.14. The van der Waals surface area contributed by atoms with Crippen molar-refractivity contribution >= 4 is 40.5 Å². The van der Waals surface area contributed by atoms with Crippen LogP contribution in [0.4, 0.5) is 5.69 Å². The zero-order valence-electron chi connectivity index (χ0n) is 13.0. The first-order valence-corrected chi connectivity index (χ1v) is 8.50. The number of carbonyl (C=O) groups excluding carboxylic acids is 2. The fraction of sp³-hybridized carbons (Fsp3) is 0.294. The van der Waals surface area contributed by atoms with Crippen molar-refractivity contribution in [3.8, 4) is 0 Å². The first-order valence-electron chi connectivity index (χ1n) is 7.24. The highest BCUT2D eigenvalue weighted by Gasteiger charge is 2.18. The van der Waals surface area contributed by atoms with Crippen LogP contribution < -0.4 is 5.32 Å². The minimum Gasteiger partial charge on any atom is -0.453 e. The molecule has 2 aromatic rings. The number of esters is 1. The van der Waals surface area contributed by atoms with Crippen LogP contribution in [0.3, 0.4) is 0 Å². The van der Waals surface area contributed by atoms with E-state index >= 15 is 0 Å². The van der Waals surface area contributed by atoms with Gasteiger partial charge in [-0.2, -0.15) is 0 Å². The van der Waals surface area contributed by atoms with Gasteiger partial charge in [-0.15, -0.1) is 11.3 Å². The maximum absolute atomic E-state index is 12.1. The van der Waals surface area contributed by atoms with E-state index < -0.39 is 6.10 Å². The lowest BCUT2D eigenvalue weighted by Gasteiger charge is -2.15. The topological polar surface area (TPSA) is 55.4 Å². The highest BCUT2D eigenvalue weighted by molar-refractivity contribution is 7.09. The van der Waals surface area contributed by atoms with E-state index in [4.69, 9.17) is 16.3 Å². The van der Waals surface area contributed by atoms with Gasteiger partial charge in [-0.3, -0.25) is 9.59 Å². The highest BCUT2D eigenvalue weighted by Crippen LogP contribution is 2.20. The fourth-order valence-electron chi connectivity index (χ4n) is 1.95. The van der Waals surface area contributed by atoms with Crippen molar-refractivity contribution in [2.75, 3.05) is 5.32 Å². The number of halogens is 1. The Morgan fingerprint density at radius 2 is 2.13 bits per heavy atom. The molecule has 0 fully saturated rings. The Kier molecular flexibility index (Phi) is 6.19. The van der Waals surface area contributed by atoms with E-state index in [0.29, 0.717) is 17.1 Å². The number of anilines is 1. The summed E-state index contributed by atoms with van der Waals surface area (Å²) in [6.45, 7) is 3.42. The Labute approximate surface area is 144 Å². The molecule has 1 aromatic carbocycles. The minimum atomic E-state index is -0.857. The molecule has 0 aliphatic heterocycles. The zero-order valence-corrected chi connectivity index (χ0v) is 14.5. The normalized spacial score (nSPS) is 11.8. The highest BCUT2D eigenvalue weighted by atomic mass is 35.5. The number of carbonyl (C=O) groups is 2. The molecule has 6 heteroatoms. The molecule has 0 saturated heterocycles. The summed E-state index contributed by atoms with van der Waals surface area (Å²) in [6.07, 6.45) is 0.0243. The van der Waals surface area contributed by atoms with E-state index in [1.807, 2.05) is 30.5 Å². The fourth-order valence-corrected chi connectivity index (χ4v) is 2.83. The smallest absolute Gasteiger partial charge is 0.306 e. The molecule has 0 radical (unpaired) electrons. The van der Waals surface area contributed by atoms with Crippen LogP contribution >= 0.6 is 22.9 Å². The molecule has 122 valence electrons. The minimum absolute atomic E-state index is 0.258. The maximum Gasteiger partial charge on any atom is 0.306 e. The van der Waals surface area contributed by atoms with Gasteiger partial charge in [0.1, 0.15) is 0 Å². The number of benzene rings is 1. The van der Waals surface area contributed by atoms with Crippen LogP contribution in [-0.4, -0.2) is 18.0 Å². The molecule has 1 aromatic heterocycles. The van der Waals surface area contributed by atoms with Gasteiger partial charge in [0.05, 0.1) is 6.42 Å². The molecular formula is C17H18ClNO3S. The average Bonchev–Trinajstić information content (AvgIpc) is 3.02. The van der Waals surface area contributed by atoms with Gasteiger partial charge >= 0.3 is 5.97 Å². The molecular weight excluding hydrogens is 334 g/mol. The predicted molar refractivity (Wildman–Crippen MR) is 93.0 cm³/mol. The standard InChI is InChI=1S/C17H18ClNO3S/c1-11-5-6-13(18)10-15(11)19-17(21)12(2)22-16(20)8-7-14-4-3-9-23-14/h3-6,9-10,12H,7-8H2,1-2H3,(H,19,21). The molecule has 23 heavy (non-hydrogen) atoms. The summed E-state index contributed by atoms with van der Waals surface area (Å²) in [4.78, 5) is 25.0. The molecule has 1 unspecified atom stereocenters. The Hall–Kier alpha value is -1.85. The lowest BCUT2D eigenvalue weighted by atomic mass is 10.2. The van der Waals surface area contributed by atoms with Crippen molar-refractivity contribution in [3.63, 3.8) is 0 Å². The Bertz CT molecular complexity index is 685. The van der Waals surface area contributed by atoms with Crippen LogP contribution in [0.15, 0.2) is 35.7 Å². The van der Waals surface area contributed by atoms with Gasteiger partial charge in [0.2, 0.25) is 0 Å². The lowest BCUT2D eigenvalue weighted by Crippen LogP contribution is -2.30. The van der Waals surface area contributed by atoms with Crippen molar-refractivity contribution in [2.24, 2.45) is 0 Å². The van der Waals surface area contributed by atoms with Gasteiger partial charge in [0.25, 0.3) is 5.91 Å². The summed E-state index contributed by atoms with van der Waals surface area (Å²) in [5.41, 5.74) is 1.50. The molecule has 0 aliphatic carbocycles. The van der Waals surface area contributed by atoms with Gasteiger partial charge in [-0.25, -0.2) is 0 Å². The SMILES string of the molecule is Cc1ccc(Cl)cc1NC(=O)C(C)OC(=O)CCc1cccs1. The van der Waals surface area contributed by atoms with Crippen molar-refractivity contribution in [1.29, 1.82) is 0 Å². The third-order valence-corrected chi connectivity index (χ3v) is 4.46. The van der Waals surface area contributed by atoms with Gasteiger partial charge in [0, 0.05) is 15.6 Å². The third kappa shape index (κ3) is 5.37. The third-order valence-electron chi connectivity index (χ3n) is 3.29. The van der Waals surface area contributed by atoms with Crippen LogP contribution in [0.2, 0.25) is 5.02 Å². The lowest BCUT2D eigenvalue weighted by molar-refractivity contribution is -0.153. The van der Waals surface area contributed by atoms with Gasteiger partial charge in [0.15, 0.2) is 6.10 Å². The van der Waals surface area contributed by atoms with Gasteiger partial charge < -0.3 is 10.1 Å². The molecule has 0 saturated carbocycles. The number of hydrogen-bond donors (Lipinski definition) is 1. The molecule has 0 spiro atoms. The Balaban J connectivity index is 1.84. The van der Waals surface area contributed by atoms with Crippen LogP contribution in [0.25, 0.3) is 0 Å². The number of nitrogens with one attached hydrogen (secondary N) is 1. The van der Waals surface area contributed by atoms with Crippen LogP contribution in [0.5, 0.6) is 0 Å². The molecule has 4 nitrogen and oxygen atoms in total. The summed E-state index contributed by atoms with van der Waals surface area (Å²) in [7, 11) is 0. The molecule has 2 rings (SSSR count). The van der Waals surface area contributed by atoms with Crippen molar-refractivity contribution in [2.45, 2.75) is 32.8 Å². The molecule has 1 atom stereocenters. The molecule has 0 aliphatic rings. The molecule has 0 bridgehead atoms. The summed E-state index contributed by atoms with van der Waals surface area (Å²) in [5, 5.41) is 5.22. The number of aryl methyl sites for hydroxylation is 2. The van der Waals surface area contributed by atoms with Crippen molar-refractivity contribution < 1.29 is 14.3 Å². The van der Waals surface area contributed by atoms with E-state index in [-0.39, 0.29) is 18.3 Å². The molecule has 1 heterocycles. The number of thiophene rings is 1. The predicted octanol–water partition coefficient (Wildman–Crippen LogP) is 4.21. The molecule has 1 amide bonds. The Morgan fingerprint density at radius 1 is 1.35 bits per heavy atom. The van der Waals surface area contributed by atoms with E-state index in [1.165, 1.54) is 0 Å². The van der Waals surface area contributed by atoms with E-state index in [1.54, 1.807) is 30.4 Å². The second-order valence-corrected chi connectivity index (χ2v) is 6.63. The number of ether oxygens (including phenoxy) is 1. The number of amides is 1. The number of rotatable bonds is 6. The average molecular weight is 352 g/mol. The van der Waals surface area contributed by atoms with Crippen molar-refractivity contribution in [3.05, 3.63) is 51.2 Å². The second-order valence-electron chi connectivity index (χ2n) is 5.16. The largest absolute Gasteiger partial charge is 0.453 e. The van der Waals surface area contributed by atoms with E-state index in [0.717, 1.165) is 10.4 Å². The van der Waals surface area contributed by atoms with Crippen LogP contribution in [-0.2, 0) is 20.7 Å². The summed E-state index contributed by atoms with van der Waals surface area (Å²) >= 11 is 7.51. The van der Waals surface area contributed by atoms with Crippen LogP contribution in [0.1, 0.15) is 23.8 Å². The van der Waals surface area contributed by atoms with E-state index in [2.05, 4.69) is 5.32 Å². The Morgan fingerprint density at radius 3 is 2.83 bits per heavy atom. The zero-order chi connectivity index (χ0) is 16.8. The second kappa shape index (κ2) is 8.13. The molecule has 1 N–H and O–H groups in total.